The lowest BCUT2D eigenvalue weighted by Gasteiger charge is -2.18. The average Bonchev–Trinajstić information content (AvgIpc) is 2.73. The Balaban J connectivity index is 1.97. The summed E-state index contributed by atoms with van der Waals surface area (Å²) in [5, 5.41) is 12.4. The summed E-state index contributed by atoms with van der Waals surface area (Å²) in [5.41, 5.74) is 1.26. The highest BCUT2D eigenvalue weighted by molar-refractivity contribution is 5.96. The molecule has 0 aliphatic carbocycles. The molecule has 3 rings (SSSR count). The molecule has 2 heterocycles. The van der Waals surface area contributed by atoms with Crippen molar-refractivity contribution >= 4 is 5.91 Å². The van der Waals surface area contributed by atoms with Gasteiger partial charge in [-0.3, -0.25) is 14.8 Å². The topological polar surface area (TPSA) is 75.1 Å². The molecule has 0 bridgehead atoms. The summed E-state index contributed by atoms with van der Waals surface area (Å²) in [4.78, 5) is 20.8. The van der Waals surface area contributed by atoms with Gasteiger partial charge in [-0.05, 0) is 61.4 Å². The van der Waals surface area contributed by atoms with E-state index in [1.807, 2.05) is 6.92 Å². The number of aliphatic hydroxyl groups excluding tert-OH is 1. The Hall–Kier alpha value is -3.33. The molecule has 2 atom stereocenters. The van der Waals surface area contributed by atoms with E-state index in [9.17, 15) is 27.5 Å². The Bertz CT molecular complexity index is 1070. The van der Waals surface area contributed by atoms with Crippen molar-refractivity contribution in [3.8, 4) is 11.3 Å². The van der Waals surface area contributed by atoms with E-state index >= 15 is 0 Å². The Morgan fingerprint density at radius 3 is 2.39 bits per heavy atom. The van der Waals surface area contributed by atoms with Crippen LogP contribution in [-0.4, -0.2) is 27.2 Å². The standard InChI is InChI=1S/C22H19F4N3O2/c1-12-3-5-19(27-10-12)14-7-15(20(30)22(24,25)26)9-16(8-14)21(31)29-13(2)18-6-4-17(23)11-28-18/h3-11,13,20,30H,1-2H3,(H,29,31)/t13-,20+/m1/s1. The van der Waals surface area contributed by atoms with Crippen LogP contribution in [0.3, 0.4) is 0 Å². The van der Waals surface area contributed by atoms with Crippen LogP contribution in [0.5, 0.6) is 0 Å². The molecule has 1 aromatic carbocycles. The second-order valence-electron chi connectivity index (χ2n) is 7.11. The second kappa shape index (κ2) is 8.81. The number of benzene rings is 1. The first-order valence-corrected chi connectivity index (χ1v) is 9.29. The van der Waals surface area contributed by atoms with Crippen LogP contribution in [0.25, 0.3) is 11.3 Å². The lowest BCUT2D eigenvalue weighted by atomic mass is 9.98. The zero-order chi connectivity index (χ0) is 22.8. The second-order valence-corrected chi connectivity index (χ2v) is 7.11. The zero-order valence-corrected chi connectivity index (χ0v) is 16.6. The lowest BCUT2D eigenvalue weighted by Crippen LogP contribution is -2.28. The van der Waals surface area contributed by atoms with Crippen molar-refractivity contribution in [2.45, 2.75) is 32.2 Å². The number of aromatic nitrogens is 2. The highest BCUT2D eigenvalue weighted by Crippen LogP contribution is 2.35. The van der Waals surface area contributed by atoms with Crippen LogP contribution in [0.15, 0.2) is 54.9 Å². The van der Waals surface area contributed by atoms with Gasteiger partial charge in [0.2, 0.25) is 0 Å². The molecule has 31 heavy (non-hydrogen) atoms. The molecule has 0 aliphatic rings. The fourth-order valence-electron chi connectivity index (χ4n) is 2.91. The summed E-state index contributed by atoms with van der Waals surface area (Å²) in [6.07, 6.45) is -5.12. The summed E-state index contributed by atoms with van der Waals surface area (Å²) in [6, 6.07) is 8.82. The van der Waals surface area contributed by atoms with Crippen LogP contribution >= 0.6 is 0 Å². The van der Waals surface area contributed by atoms with E-state index in [0.717, 1.165) is 23.9 Å². The van der Waals surface area contributed by atoms with Gasteiger partial charge < -0.3 is 10.4 Å². The van der Waals surface area contributed by atoms with Gasteiger partial charge in [-0.1, -0.05) is 6.07 Å². The molecule has 0 saturated heterocycles. The van der Waals surface area contributed by atoms with Gasteiger partial charge >= 0.3 is 6.18 Å². The molecule has 9 heteroatoms. The molecule has 3 aromatic rings. The van der Waals surface area contributed by atoms with Gasteiger partial charge in [0.25, 0.3) is 5.91 Å². The van der Waals surface area contributed by atoms with Crippen molar-refractivity contribution in [3.05, 3.63) is 83.1 Å². The van der Waals surface area contributed by atoms with Crippen LogP contribution in [0.2, 0.25) is 0 Å². The molecule has 0 fully saturated rings. The third-order valence-electron chi connectivity index (χ3n) is 4.59. The maximum atomic E-state index is 13.1. The number of rotatable bonds is 5. The molecule has 5 nitrogen and oxygen atoms in total. The smallest absolute Gasteiger partial charge is 0.379 e. The summed E-state index contributed by atoms with van der Waals surface area (Å²) in [5.74, 6) is -1.21. The Morgan fingerprint density at radius 1 is 1.06 bits per heavy atom. The number of aryl methyl sites for hydroxylation is 1. The van der Waals surface area contributed by atoms with Crippen LogP contribution < -0.4 is 5.32 Å². The summed E-state index contributed by atoms with van der Waals surface area (Å²) in [6.45, 7) is 3.42. The molecule has 2 N–H and O–H groups in total. The lowest BCUT2D eigenvalue weighted by molar-refractivity contribution is -0.206. The number of nitrogens with zero attached hydrogens (tertiary/aromatic N) is 2. The SMILES string of the molecule is Cc1ccc(-c2cc(C(=O)N[C@H](C)c3ccc(F)cn3)cc([C@H](O)C(F)(F)F)c2)nc1. The maximum absolute atomic E-state index is 13.1. The Labute approximate surface area is 175 Å². The van der Waals surface area contributed by atoms with E-state index in [1.165, 1.54) is 18.2 Å². The first kappa shape index (κ1) is 22.4. The van der Waals surface area contributed by atoms with E-state index in [-0.39, 0.29) is 11.1 Å². The fraction of sp³-hybridized carbons (Fsp3) is 0.227. The molecule has 0 spiro atoms. The van der Waals surface area contributed by atoms with Gasteiger partial charge in [-0.15, -0.1) is 0 Å². The van der Waals surface area contributed by atoms with Crippen LogP contribution in [0.4, 0.5) is 17.6 Å². The third-order valence-corrected chi connectivity index (χ3v) is 4.59. The molecule has 0 radical (unpaired) electrons. The molecule has 1 amide bonds. The molecular formula is C22H19F4N3O2. The molecule has 162 valence electrons. The normalized spacial score (nSPS) is 13.5. The van der Waals surface area contributed by atoms with Crippen molar-refractivity contribution in [2.75, 3.05) is 0 Å². The minimum Gasteiger partial charge on any atom is -0.379 e. The van der Waals surface area contributed by atoms with Gasteiger partial charge in [0.15, 0.2) is 6.10 Å². The van der Waals surface area contributed by atoms with E-state index in [0.29, 0.717) is 11.4 Å². The molecule has 0 aliphatic heterocycles. The van der Waals surface area contributed by atoms with E-state index < -0.39 is 35.6 Å². The van der Waals surface area contributed by atoms with Gasteiger partial charge in [-0.25, -0.2) is 4.39 Å². The predicted octanol–water partition coefficient (Wildman–Crippen LogP) is 4.68. The minimum absolute atomic E-state index is 0.0906. The van der Waals surface area contributed by atoms with Crippen molar-refractivity contribution in [3.63, 3.8) is 0 Å². The fourth-order valence-corrected chi connectivity index (χ4v) is 2.91. The number of halogens is 4. The summed E-state index contributed by atoms with van der Waals surface area (Å²) < 4.78 is 52.4. The van der Waals surface area contributed by atoms with Crippen molar-refractivity contribution in [1.82, 2.24) is 15.3 Å². The Morgan fingerprint density at radius 2 is 1.81 bits per heavy atom. The van der Waals surface area contributed by atoms with Crippen LogP contribution in [0.1, 0.15) is 46.2 Å². The van der Waals surface area contributed by atoms with E-state index in [4.69, 9.17) is 0 Å². The third kappa shape index (κ3) is 5.43. The quantitative estimate of drug-likeness (QED) is 0.573. The molecule has 0 saturated carbocycles. The average molecular weight is 433 g/mol. The van der Waals surface area contributed by atoms with Gasteiger partial charge in [0.05, 0.1) is 23.6 Å². The minimum atomic E-state index is -4.90. The van der Waals surface area contributed by atoms with Crippen LogP contribution in [-0.2, 0) is 0 Å². The highest BCUT2D eigenvalue weighted by atomic mass is 19.4. The number of amides is 1. The largest absolute Gasteiger partial charge is 0.418 e. The zero-order valence-electron chi connectivity index (χ0n) is 16.6. The summed E-state index contributed by atoms with van der Waals surface area (Å²) in [7, 11) is 0. The van der Waals surface area contributed by atoms with Crippen molar-refractivity contribution in [2.24, 2.45) is 0 Å². The number of hydrogen-bond acceptors (Lipinski definition) is 4. The van der Waals surface area contributed by atoms with Crippen LogP contribution in [0, 0.1) is 12.7 Å². The van der Waals surface area contributed by atoms with Gasteiger partial charge in [0, 0.05) is 17.3 Å². The van der Waals surface area contributed by atoms with E-state index in [1.54, 1.807) is 25.3 Å². The van der Waals surface area contributed by atoms with Crippen molar-refractivity contribution < 1.29 is 27.5 Å². The summed E-state index contributed by atoms with van der Waals surface area (Å²) >= 11 is 0. The molecule has 0 unspecified atom stereocenters. The predicted molar refractivity (Wildman–Crippen MR) is 106 cm³/mol. The Kier molecular flexibility index (Phi) is 6.35. The molecule has 2 aromatic heterocycles. The van der Waals surface area contributed by atoms with Gasteiger partial charge in [-0.2, -0.15) is 13.2 Å². The number of carbonyl (C=O) groups excluding carboxylic acids is 1. The number of pyridine rings is 2. The number of carbonyl (C=O) groups is 1. The van der Waals surface area contributed by atoms with Crippen molar-refractivity contribution in [1.29, 1.82) is 0 Å². The van der Waals surface area contributed by atoms with E-state index in [2.05, 4.69) is 15.3 Å². The molecular weight excluding hydrogens is 414 g/mol. The monoisotopic (exact) mass is 433 g/mol. The first-order valence-electron chi connectivity index (χ1n) is 9.29. The number of aliphatic hydroxyl groups is 1. The van der Waals surface area contributed by atoms with Gasteiger partial charge in [0.1, 0.15) is 5.82 Å². The number of hydrogen-bond donors (Lipinski definition) is 2. The first-order chi connectivity index (χ1) is 14.5. The number of nitrogens with one attached hydrogen (secondary N) is 1. The number of alkyl halides is 3. The highest BCUT2D eigenvalue weighted by Gasteiger charge is 2.39. The maximum Gasteiger partial charge on any atom is 0.418 e.